The molecule has 94 valence electrons. The van der Waals surface area contributed by atoms with Gasteiger partial charge in [0.2, 0.25) is 0 Å². The average Bonchev–Trinajstić information content (AvgIpc) is 2.59. The molecular formula is C13H26N2O. The number of nitrogens with zero attached hydrogens (tertiary/aromatic N) is 1. The molecule has 0 spiro atoms. The lowest BCUT2D eigenvalue weighted by Crippen LogP contribution is -2.45. The molecule has 1 saturated carbocycles. The van der Waals surface area contributed by atoms with Gasteiger partial charge in [0.15, 0.2) is 0 Å². The smallest absolute Gasteiger partial charge is 0.0623 e. The summed E-state index contributed by atoms with van der Waals surface area (Å²) in [5.41, 5.74) is 0. The monoisotopic (exact) mass is 226 g/mol. The number of nitrogens with one attached hydrogen (secondary N) is 1. The molecule has 1 aliphatic carbocycles. The normalized spacial score (nSPS) is 30.9. The molecule has 3 heteroatoms. The van der Waals surface area contributed by atoms with Gasteiger partial charge in [0.05, 0.1) is 13.2 Å². The van der Waals surface area contributed by atoms with E-state index < -0.39 is 0 Å². The van der Waals surface area contributed by atoms with Crippen LogP contribution in [0, 0.1) is 5.92 Å². The van der Waals surface area contributed by atoms with Gasteiger partial charge in [0, 0.05) is 24.5 Å². The highest BCUT2D eigenvalue weighted by atomic mass is 16.5. The SMILES string of the molecule is CCCNC1COCC1CN(C)C1CCC1. The third-order valence-corrected chi connectivity index (χ3v) is 4.08. The molecule has 1 aliphatic heterocycles. The Kier molecular flexibility index (Phi) is 4.62. The minimum atomic E-state index is 0.586. The van der Waals surface area contributed by atoms with E-state index in [0.29, 0.717) is 12.0 Å². The quantitative estimate of drug-likeness (QED) is 0.742. The summed E-state index contributed by atoms with van der Waals surface area (Å²) in [4.78, 5) is 2.55. The van der Waals surface area contributed by atoms with Crippen LogP contribution in [0.3, 0.4) is 0 Å². The van der Waals surface area contributed by atoms with E-state index in [2.05, 4.69) is 24.2 Å². The molecule has 0 amide bonds. The zero-order chi connectivity index (χ0) is 11.4. The largest absolute Gasteiger partial charge is 0.379 e. The molecule has 2 fully saturated rings. The first-order valence-electron chi connectivity index (χ1n) is 6.82. The summed E-state index contributed by atoms with van der Waals surface area (Å²) in [6.07, 6.45) is 5.43. The second-order valence-electron chi connectivity index (χ2n) is 5.38. The van der Waals surface area contributed by atoms with Gasteiger partial charge >= 0.3 is 0 Å². The molecule has 2 aliphatic rings. The summed E-state index contributed by atoms with van der Waals surface area (Å²) in [6.45, 7) is 6.39. The zero-order valence-electron chi connectivity index (χ0n) is 10.7. The minimum absolute atomic E-state index is 0.586. The molecule has 0 bridgehead atoms. The average molecular weight is 226 g/mol. The Bertz CT molecular complexity index is 206. The molecule has 2 atom stereocenters. The Labute approximate surface area is 99.5 Å². The van der Waals surface area contributed by atoms with Crippen LogP contribution in [0.2, 0.25) is 0 Å². The summed E-state index contributed by atoms with van der Waals surface area (Å²) < 4.78 is 5.61. The highest BCUT2D eigenvalue weighted by molar-refractivity contribution is 4.86. The van der Waals surface area contributed by atoms with Crippen LogP contribution in [-0.2, 0) is 4.74 Å². The molecule has 0 aromatic carbocycles. The van der Waals surface area contributed by atoms with E-state index in [9.17, 15) is 0 Å². The molecule has 2 unspecified atom stereocenters. The van der Waals surface area contributed by atoms with Gasteiger partial charge in [-0.2, -0.15) is 0 Å². The van der Waals surface area contributed by atoms with Crippen LogP contribution in [0.5, 0.6) is 0 Å². The van der Waals surface area contributed by atoms with Gasteiger partial charge in [-0.15, -0.1) is 0 Å². The summed E-state index contributed by atoms with van der Waals surface area (Å²) in [6, 6.07) is 1.44. The van der Waals surface area contributed by atoms with Gasteiger partial charge in [0.1, 0.15) is 0 Å². The Morgan fingerprint density at radius 1 is 1.31 bits per heavy atom. The van der Waals surface area contributed by atoms with Gasteiger partial charge in [-0.25, -0.2) is 0 Å². The lowest BCUT2D eigenvalue weighted by atomic mass is 9.90. The molecule has 1 N–H and O–H groups in total. The van der Waals surface area contributed by atoms with Gasteiger partial charge in [-0.3, -0.25) is 0 Å². The van der Waals surface area contributed by atoms with Crippen LogP contribution in [0.1, 0.15) is 32.6 Å². The Hall–Kier alpha value is -0.120. The fourth-order valence-electron chi connectivity index (χ4n) is 2.68. The van der Waals surface area contributed by atoms with Crippen molar-refractivity contribution >= 4 is 0 Å². The van der Waals surface area contributed by atoms with Crippen LogP contribution in [0.25, 0.3) is 0 Å². The molecule has 0 radical (unpaired) electrons. The van der Waals surface area contributed by atoms with E-state index in [1.807, 2.05) is 0 Å². The van der Waals surface area contributed by atoms with Crippen LogP contribution >= 0.6 is 0 Å². The van der Waals surface area contributed by atoms with Crippen molar-refractivity contribution in [3.8, 4) is 0 Å². The molecule has 0 aromatic rings. The minimum Gasteiger partial charge on any atom is -0.379 e. The van der Waals surface area contributed by atoms with Gasteiger partial charge < -0.3 is 15.0 Å². The highest BCUT2D eigenvalue weighted by Gasteiger charge is 2.31. The molecule has 16 heavy (non-hydrogen) atoms. The first-order valence-corrected chi connectivity index (χ1v) is 6.82. The molecule has 1 heterocycles. The van der Waals surface area contributed by atoms with Crippen LogP contribution in [-0.4, -0.2) is 50.3 Å². The van der Waals surface area contributed by atoms with Crippen molar-refractivity contribution in [2.45, 2.75) is 44.7 Å². The number of hydrogen-bond donors (Lipinski definition) is 1. The van der Waals surface area contributed by atoms with E-state index in [0.717, 1.165) is 25.8 Å². The first kappa shape index (κ1) is 12.3. The van der Waals surface area contributed by atoms with Crippen molar-refractivity contribution in [2.24, 2.45) is 5.92 Å². The summed E-state index contributed by atoms with van der Waals surface area (Å²) >= 11 is 0. The number of hydrogen-bond acceptors (Lipinski definition) is 3. The Morgan fingerprint density at radius 2 is 2.12 bits per heavy atom. The van der Waals surface area contributed by atoms with Crippen molar-refractivity contribution in [1.82, 2.24) is 10.2 Å². The van der Waals surface area contributed by atoms with E-state index in [-0.39, 0.29) is 0 Å². The third kappa shape index (κ3) is 2.96. The summed E-state index contributed by atoms with van der Waals surface area (Å²) in [5.74, 6) is 0.692. The van der Waals surface area contributed by atoms with Crippen molar-refractivity contribution in [3.63, 3.8) is 0 Å². The molecule has 1 saturated heterocycles. The molecule has 2 rings (SSSR count). The molecular weight excluding hydrogens is 200 g/mol. The van der Waals surface area contributed by atoms with Gasteiger partial charge in [-0.05, 0) is 32.9 Å². The van der Waals surface area contributed by atoms with E-state index in [4.69, 9.17) is 4.74 Å². The second kappa shape index (κ2) is 5.99. The van der Waals surface area contributed by atoms with Crippen LogP contribution < -0.4 is 5.32 Å². The van der Waals surface area contributed by atoms with E-state index in [1.54, 1.807) is 0 Å². The second-order valence-corrected chi connectivity index (χ2v) is 5.38. The van der Waals surface area contributed by atoms with E-state index in [1.165, 1.54) is 32.2 Å². The zero-order valence-corrected chi connectivity index (χ0v) is 10.7. The lowest BCUT2D eigenvalue weighted by Gasteiger charge is -2.37. The Morgan fingerprint density at radius 3 is 2.75 bits per heavy atom. The standard InChI is InChI=1S/C13H26N2O/c1-3-7-14-13-10-16-9-11(13)8-15(2)12-5-4-6-12/h11-14H,3-10H2,1-2H3. The summed E-state index contributed by atoms with van der Waals surface area (Å²) in [5, 5.41) is 3.61. The maximum Gasteiger partial charge on any atom is 0.0623 e. The fraction of sp³-hybridized carbons (Fsp3) is 1.00. The highest BCUT2D eigenvalue weighted by Crippen LogP contribution is 2.25. The van der Waals surface area contributed by atoms with Crippen LogP contribution in [0.15, 0.2) is 0 Å². The molecule has 0 aromatic heterocycles. The topological polar surface area (TPSA) is 24.5 Å². The van der Waals surface area contributed by atoms with E-state index >= 15 is 0 Å². The predicted octanol–water partition coefficient (Wildman–Crippen LogP) is 1.49. The van der Waals surface area contributed by atoms with Crippen molar-refractivity contribution < 1.29 is 4.74 Å². The third-order valence-electron chi connectivity index (χ3n) is 4.08. The van der Waals surface area contributed by atoms with Crippen molar-refractivity contribution in [1.29, 1.82) is 0 Å². The Balaban J connectivity index is 1.73. The maximum absolute atomic E-state index is 5.61. The molecule has 3 nitrogen and oxygen atoms in total. The fourth-order valence-corrected chi connectivity index (χ4v) is 2.68. The lowest BCUT2D eigenvalue weighted by molar-refractivity contribution is 0.123. The predicted molar refractivity (Wildman–Crippen MR) is 66.7 cm³/mol. The number of ether oxygens (including phenoxy) is 1. The number of rotatable bonds is 6. The van der Waals surface area contributed by atoms with Crippen molar-refractivity contribution in [3.05, 3.63) is 0 Å². The maximum atomic E-state index is 5.61. The first-order chi connectivity index (χ1) is 7.81. The van der Waals surface area contributed by atoms with Gasteiger partial charge in [-0.1, -0.05) is 13.3 Å². The van der Waals surface area contributed by atoms with Crippen LogP contribution in [0.4, 0.5) is 0 Å². The van der Waals surface area contributed by atoms with Crippen molar-refractivity contribution in [2.75, 3.05) is 33.4 Å². The van der Waals surface area contributed by atoms with Gasteiger partial charge in [0.25, 0.3) is 0 Å². The summed E-state index contributed by atoms with van der Waals surface area (Å²) in [7, 11) is 2.28.